The molecule has 0 spiro atoms. The number of imidazole rings is 2. The second-order valence-corrected chi connectivity index (χ2v) is 12.6. The van der Waals surface area contributed by atoms with Crippen LogP contribution in [0.3, 0.4) is 0 Å². The summed E-state index contributed by atoms with van der Waals surface area (Å²) in [5.41, 5.74) is 4.85. The summed E-state index contributed by atoms with van der Waals surface area (Å²) in [7, 11) is -3.07. The molecule has 4 heterocycles. The van der Waals surface area contributed by atoms with Crippen LogP contribution >= 0.6 is 0 Å². The number of pyridine rings is 2. The molecule has 0 aliphatic rings. The number of rotatable bonds is 4. The van der Waals surface area contributed by atoms with Gasteiger partial charge in [0, 0.05) is 43.9 Å². The smallest absolute Gasteiger partial charge is 0.238 e. The maximum atomic E-state index is 11.5. The number of aromatic nitrogens is 6. The molecule has 6 rings (SSSR count). The Bertz CT molecular complexity index is 1910. The fraction of sp³-hybridized carbons (Fsp3) is 0.111. The van der Waals surface area contributed by atoms with Crippen LogP contribution in [0.5, 0.6) is 0 Å². The van der Waals surface area contributed by atoms with Crippen molar-refractivity contribution in [3.63, 3.8) is 0 Å². The van der Waals surface area contributed by atoms with Gasteiger partial charge in [0.15, 0.2) is 21.1 Å². The fourth-order valence-electron chi connectivity index (χ4n) is 4.21. The molecule has 0 saturated carbocycles. The predicted molar refractivity (Wildman–Crippen MR) is 152 cm³/mol. The van der Waals surface area contributed by atoms with Crippen molar-refractivity contribution in [1.82, 2.24) is 29.1 Å². The zero-order valence-corrected chi connectivity index (χ0v) is 23.4. The van der Waals surface area contributed by atoms with Crippen LogP contribution in [0.4, 0.5) is 0 Å². The van der Waals surface area contributed by atoms with Gasteiger partial charge in [-0.3, -0.25) is 0 Å². The molecule has 0 atom stereocenters. The quantitative estimate of drug-likeness (QED) is 0.336. The minimum atomic E-state index is -3.68. The largest absolute Gasteiger partial charge is 0.326 e. The third-order valence-electron chi connectivity index (χ3n) is 6.27. The van der Waals surface area contributed by atoms with Gasteiger partial charge in [-0.1, -0.05) is 0 Å². The lowest BCUT2D eigenvalue weighted by atomic mass is 10.2. The highest BCUT2D eigenvalue weighted by atomic mass is 32.2. The predicted octanol–water partition coefficient (Wildman–Crippen LogP) is 3.32. The summed E-state index contributed by atoms with van der Waals surface area (Å²) in [6.07, 6.45) is 4.60. The van der Waals surface area contributed by atoms with Gasteiger partial charge in [0.1, 0.15) is 17.2 Å². The lowest BCUT2D eigenvalue weighted by molar-refractivity contribution is 0.597. The average Bonchev–Trinajstić information content (AvgIpc) is 3.45. The minimum Gasteiger partial charge on any atom is -0.326 e. The molecular formula is C27H25N7O4S2. The first kappa shape index (κ1) is 27.1. The van der Waals surface area contributed by atoms with Crippen molar-refractivity contribution in [2.45, 2.75) is 9.79 Å². The molecule has 6 aromatic rings. The number of fused-ring (bicyclic) bond motifs is 2. The molecule has 13 heteroatoms. The maximum Gasteiger partial charge on any atom is 0.238 e. The van der Waals surface area contributed by atoms with Gasteiger partial charge in [0.2, 0.25) is 10.0 Å². The molecule has 0 aliphatic carbocycles. The molecule has 11 nitrogen and oxygen atoms in total. The van der Waals surface area contributed by atoms with E-state index in [1.165, 1.54) is 18.4 Å². The number of nitrogens with two attached hydrogens (primary N) is 1. The van der Waals surface area contributed by atoms with Crippen molar-refractivity contribution in [1.29, 1.82) is 0 Å². The summed E-state index contributed by atoms with van der Waals surface area (Å²) in [5.74, 6) is 1.48. The SMILES string of the molecule is Cn1c(-c2ccc(S(C)(=O)=O)cc2)nc2ncccc21.Cn1c(-c2ccc(S(N)(=O)=O)cc2)nc2cccnc21. The first-order chi connectivity index (χ1) is 18.9. The molecule has 204 valence electrons. The number of benzene rings is 2. The van der Waals surface area contributed by atoms with Crippen LogP contribution in [0.15, 0.2) is 95.0 Å². The Hall–Kier alpha value is -4.46. The van der Waals surface area contributed by atoms with Crippen LogP contribution in [0.1, 0.15) is 0 Å². The highest BCUT2D eigenvalue weighted by Gasteiger charge is 2.13. The number of sulfonamides is 1. The van der Waals surface area contributed by atoms with E-state index in [1.807, 2.05) is 47.5 Å². The lowest BCUT2D eigenvalue weighted by Crippen LogP contribution is -2.11. The Labute approximate surface area is 231 Å². The van der Waals surface area contributed by atoms with Gasteiger partial charge in [-0.05, 0) is 72.8 Å². The molecule has 0 fully saturated rings. The summed E-state index contributed by atoms with van der Waals surface area (Å²) in [6, 6.07) is 20.5. The van der Waals surface area contributed by atoms with Gasteiger partial charge in [-0.2, -0.15) is 0 Å². The van der Waals surface area contributed by atoms with Crippen molar-refractivity contribution < 1.29 is 16.8 Å². The summed E-state index contributed by atoms with van der Waals surface area (Å²) in [4.78, 5) is 17.8. The van der Waals surface area contributed by atoms with Crippen LogP contribution in [0.2, 0.25) is 0 Å². The van der Waals surface area contributed by atoms with Crippen molar-refractivity contribution in [2.24, 2.45) is 19.2 Å². The fourth-order valence-corrected chi connectivity index (χ4v) is 5.36. The summed E-state index contributed by atoms with van der Waals surface area (Å²) in [5, 5.41) is 5.08. The summed E-state index contributed by atoms with van der Waals surface area (Å²) in [6.45, 7) is 0. The minimum absolute atomic E-state index is 0.0816. The van der Waals surface area contributed by atoms with E-state index in [-0.39, 0.29) is 4.90 Å². The molecule has 0 amide bonds. The van der Waals surface area contributed by atoms with E-state index < -0.39 is 19.9 Å². The standard InChI is InChI=1S/C14H13N3O2S.C13H12N4O2S/c1-17-12-4-3-9-15-13(12)16-14(17)10-5-7-11(8-6-10)20(2,18)19;1-17-12(16-11-3-2-8-15-13(11)17)9-4-6-10(7-5-9)20(14,18)19/h3-9H,1-2H3;2-8H,1H3,(H2,14,18,19). The Morgan fingerprint density at radius 1 is 0.675 bits per heavy atom. The molecule has 40 heavy (non-hydrogen) atoms. The molecule has 0 unspecified atom stereocenters. The van der Waals surface area contributed by atoms with Crippen molar-refractivity contribution >= 4 is 42.2 Å². The third kappa shape index (κ3) is 5.34. The highest BCUT2D eigenvalue weighted by molar-refractivity contribution is 7.90. The van der Waals surface area contributed by atoms with E-state index in [1.54, 1.807) is 48.8 Å². The van der Waals surface area contributed by atoms with Crippen molar-refractivity contribution in [3.8, 4) is 22.8 Å². The summed E-state index contributed by atoms with van der Waals surface area (Å²) >= 11 is 0. The zero-order valence-electron chi connectivity index (χ0n) is 21.8. The topological polar surface area (TPSA) is 156 Å². The molecule has 0 saturated heterocycles. The van der Waals surface area contributed by atoms with Crippen LogP contribution < -0.4 is 5.14 Å². The monoisotopic (exact) mass is 575 g/mol. The summed E-state index contributed by atoms with van der Waals surface area (Å²) < 4.78 is 49.2. The Morgan fingerprint density at radius 2 is 1.23 bits per heavy atom. The molecule has 0 aliphatic heterocycles. The van der Waals surface area contributed by atoms with Gasteiger partial charge in [0.25, 0.3) is 0 Å². The Kier molecular flexibility index (Phi) is 6.96. The van der Waals surface area contributed by atoms with E-state index >= 15 is 0 Å². The van der Waals surface area contributed by atoms with Crippen LogP contribution in [-0.2, 0) is 34.0 Å². The van der Waals surface area contributed by atoms with E-state index in [0.29, 0.717) is 10.5 Å². The molecule has 2 N–H and O–H groups in total. The highest BCUT2D eigenvalue weighted by Crippen LogP contribution is 2.24. The van der Waals surface area contributed by atoms with Crippen LogP contribution in [0.25, 0.3) is 45.1 Å². The average molecular weight is 576 g/mol. The normalized spacial score (nSPS) is 11.9. The first-order valence-corrected chi connectivity index (χ1v) is 15.4. The van der Waals surface area contributed by atoms with Crippen molar-refractivity contribution in [3.05, 3.63) is 85.2 Å². The number of sulfone groups is 1. The molecule has 0 radical (unpaired) electrons. The molecule has 2 aromatic carbocycles. The van der Waals surface area contributed by atoms with Crippen LogP contribution in [0, 0.1) is 0 Å². The molecule has 4 aromatic heterocycles. The Morgan fingerprint density at radius 3 is 1.77 bits per heavy atom. The number of hydrogen-bond donors (Lipinski definition) is 1. The maximum absolute atomic E-state index is 11.5. The lowest BCUT2D eigenvalue weighted by Gasteiger charge is -2.03. The van der Waals surface area contributed by atoms with Crippen LogP contribution in [-0.4, -0.2) is 52.2 Å². The van der Waals surface area contributed by atoms with Gasteiger partial charge in [-0.15, -0.1) is 0 Å². The van der Waals surface area contributed by atoms with E-state index in [9.17, 15) is 16.8 Å². The first-order valence-electron chi connectivity index (χ1n) is 11.9. The second kappa shape index (κ2) is 10.3. The number of hydrogen-bond acceptors (Lipinski definition) is 8. The zero-order chi connectivity index (χ0) is 28.7. The molecule has 0 bridgehead atoms. The van der Waals surface area contributed by atoms with Crippen molar-refractivity contribution in [2.75, 3.05) is 6.26 Å². The van der Waals surface area contributed by atoms with E-state index in [4.69, 9.17) is 5.14 Å². The second-order valence-electron chi connectivity index (χ2n) is 9.05. The van der Waals surface area contributed by atoms with Gasteiger partial charge >= 0.3 is 0 Å². The van der Waals surface area contributed by atoms with Gasteiger partial charge in [-0.25, -0.2) is 41.9 Å². The van der Waals surface area contributed by atoms with Gasteiger partial charge < -0.3 is 9.13 Å². The van der Waals surface area contributed by atoms with Gasteiger partial charge in [0.05, 0.1) is 15.3 Å². The number of aryl methyl sites for hydroxylation is 2. The number of primary sulfonamides is 1. The third-order valence-corrected chi connectivity index (χ3v) is 8.32. The molecular weight excluding hydrogens is 550 g/mol. The van der Waals surface area contributed by atoms with E-state index in [0.717, 1.165) is 39.5 Å². The Balaban J connectivity index is 0.000000161. The van der Waals surface area contributed by atoms with E-state index in [2.05, 4.69) is 19.9 Å². The number of nitrogens with zero attached hydrogens (tertiary/aromatic N) is 6.